The van der Waals surface area contributed by atoms with Gasteiger partial charge in [-0.2, -0.15) is 13.2 Å². The molecule has 0 fully saturated rings. The van der Waals surface area contributed by atoms with Gasteiger partial charge in [-0.3, -0.25) is 4.79 Å². The molecule has 2 rings (SSSR count). The molecular formula is C20H27F3N2O3Si. The average molecular weight is 429 g/mol. The fourth-order valence-corrected chi connectivity index (χ4v) is 4.50. The summed E-state index contributed by atoms with van der Waals surface area (Å²) in [6, 6.07) is 6.13. The molecule has 0 saturated carbocycles. The number of hydrogen-bond donors (Lipinski definition) is 1. The minimum absolute atomic E-state index is 0.0786. The maximum atomic E-state index is 12.8. The number of nitrogens with zero attached hydrogens (tertiary/aromatic N) is 1. The molecule has 0 spiro atoms. The molecule has 0 aliphatic carbocycles. The van der Waals surface area contributed by atoms with Gasteiger partial charge in [-0.05, 0) is 24.2 Å². The highest BCUT2D eigenvalue weighted by molar-refractivity contribution is 6.75. The first-order valence-corrected chi connectivity index (χ1v) is 13.0. The first kappa shape index (κ1) is 23.0. The molecule has 1 aromatic carbocycles. The molecule has 5 nitrogen and oxygen atoms in total. The Bertz CT molecular complexity index is 872. The van der Waals surface area contributed by atoms with Gasteiger partial charge >= 0.3 is 18.1 Å². The Balaban J connectivity index is 2.37. The summed E-state index contributed by atoms with van der Waals surface area (Å²) in [4.78, 5) is 23.9. The van der Waals surface area contributed by atoms with Gasteiger partial charge in [-0.1, -0.05) is 51.2 Å². The van der Waals surface area contributed by atoms with E-state index < -0.39 is 32.3 Å². The zero-order valence-electron chi connectivity index (χ0n) is 17.1. The Hall–Kier alpha value is -2.29. The molecule has 29 heavy (non-hydrogen) atoms. The smallest absolute Gasteiger partial charge is 0.464 e. The lowest BCUT2D eigenvalue weighted by molar-refractivity contribution is -0.175. The summed E-state index contributed by atoms with van der Waals surface area (Å²) in [5, 5.41) is 2.66. The van der Waals surface area contributed by atoms with E-state index in [4.69, 9.17) is 4.74 Å². The second kappa shape index (κ2) is 9.02. The van der Waals surface area contributed by atoms with Crippen molar-refractivity contribution in [3.63, 3.8) is 0 Å². The molecule has 0 bridgehead atoms. The Morgan fingerprint density at radius 3 is 2.45 bits per heavy atom. The summed E-state index contributed by atoms with van der Waals surface area (Å²) >= 11 is 0. The van der Waals surface area contributed by atoms with Crippen LogP contribution in [0.4, 0.5) is 13.2 Å². The number of para-hydroxylation sites is 1. The second-order valence-electron chi connectivity index (χ2n) is 7.96. The number of amides is 1. The average Bonchev–Trinajstić information content (AvgIpc) is 2.99. The van der Waals surface area contributed by atoms with Gasteiger partial charge in [0.25, 0.3) is 0 Å². The van der Waals surface area contributed by atoms with Crippen LogP contribution in [-0.4, -0.2) is 43.2 Å². The fraction of sp³-hybridized carbons (Fsp3) is 0.500. The van der Waals surface area contributed by atoms with Gasteiger partial charge < -0.3 is 14.3 Å². The van der Waals surface area contributed by atoms with Crippen LogP contribution in [0, 0.1) is 0 Å². The highest BCUT2D eigenvalue weighted by atomic mass is 28.3. The molecule has 1 atom stereocenters. The number of fused-ring (bicyclic) bond motifs is 1. The van der Waals surface area contributed by atoms with E-state index in [0.29, 0.717) is 12.0 Å². The minimum atomic E-state index is -5.08. The molecule has 0 aliphatic heterocycles. The highest BCUT2D eigenvalue weighted by Crippen LogP contribution is 2.26. The van der Waals surface area contributed by atoms with Crippen molar-refractivity contribution < 1.29 is 27.5 Å². The van der Waals surface area contributed by atoms with Gasteiger partial charge in [0, 0.05) is 17.3 Å². The number of rotatable bonds is 8. The molecule has 2 aromatic rings. The molecule has 1 heterocycles. The van der Waals surface area contributed by atoms with Crippen LogP contribution in [0.1, 0.15) is 25.3 Å². The lowest BCUT2D eigenvalue weighted by Gasteiger charge is -2.20. The van der Waals surface area contributed by atoms with E-state index in [0.717, 1.165) is 17.3 Å². The Morgan fingerprint density at radius 1 is 1.21 bits per heavy atom. The van der Waals surface area contributed by atoms with Crippen LogP contribution in [0.3, 0.4) is 0 Å². The van der Waals surface area contributed by atoms with Crippen LogP contribution in [0.15, 0.2) is 30.5 Å². The van der Waals surface area contributed by atoms with Crippen LogP contribution in [0.2, 0.25) is 19.6 Å². The predicted octanol–water partition coefficient (Wildman–Crippen LogP) is 4.26. The quantitative estimate of drug-likeness (QED) is 0.388. The predicted molar refractivity (Wildman–Crippen MR) is 108 cm³/mol. The zero-order chi connectivity index (χ0) is 21.8. The molecule has 9 heteroatoms. The van der Waals surface area contributed by atoms with Crippen molar-refractivity contribution >= 4 is 31.0 Å². The summed E-state index contributed by atoms with van der Waals surface area (Å²) in [6.07, 6.45) is -1.90. The normalized spacial score (nSPS) is 13.3. The van der Waals surface area contributed by atoms with Crippen LogP contribution < -0.4 is 5.32 Å². The Labute approximate surface area is 169 Å². The number of aromatic nitrogens is 1. The maximum absolute atomic E-state index is 12.8. The van der Waals surface area contributed by atoms with E-state index in [1.807, 2.05) is 42.7 Å². The molecule has 160 valence electrons. The standard InChI is InChI=1S/C20H27F3N2O3Si/c1-5-6-11-28-18(26)16(24-19(27)20(21,22)23)12-14-13-25(29(2,3)4)17-10-8-7-9-15(14)17/h7-10,13,16H,5-6,11-12H2,1-4H3,(H,24,27)/t16-/m0/s1. The number of nitrogens with one attached hydrogen (secondary N) is 1. The SMILES string of the molecule is CCCCOC(=O)[C@H](Cc1cn([Si](C)(C)C)c2ccccc12)NC(=O)C(F)(F)F. The molecule has 1 amide bonds. The number of carbonyl (C=O) groups is 2. The number of esters is 1. The van der Waals surface area contributed by atoms with Crippen molar-refractivity contribution in [3.05, 3.63) is 36.0 Å². The molecule has 0 radical (unpaired) electrons. The first-order valence-electron chi connectivity index (χ1n) is 9.59. The Kier molecular flexibility index (Phi) is 7.15. The zero-order valence-corrected chi connectivity index (χ0v) is 18.1. The van der Waals surface area contributed by atoms with Crippen molar-refractivity contribution in [2.75, 3.05) is 6.61 Å². The van der Waals surface area contributed by atoms with E-state index in [1.54, 1.807) is 0 Å². The minimum Gasteiger partial charge on any atom is -0.464 e. The summed E-state index contributed by atoms with van der Waals surface area (Å²) in [5.74, 6) is -3.01. The third-order valence-corrected chi connectivity index (χ3v) is 6.35. The van der Waals surface area contributed by atoms with Gasteiger partial charge in [0.1, 0.15) is 6.04 Å². The topological polar surface area (TPSA) is 60.3 Å². The van der Waals surface area contributed by atoms with Gasteiger partial charge in [-0.15, -0.1) is 0 Å². The monoisotopic (exact) mass is 428 g/mol. The molecule has 0 unspecified atom stereocenters. The largest absolute Gasteiger partial charge is 0.471 e. The van der Waals surface area contributed by atoms with E-state index in [-0.39, 0.29) is 13.0 Å². The van der Waals surface area contributed by atoms with Gasteiger partial charge in [-0.25, -0.2) is 4.79 Å². The van der Waals surface area contributed by atoms with E-state index >= 15 is 0 Å². The van der Waals surface area contributed by atoms with Gasteiger partial charge in [0.15, 0.2) is 8.24 Å². The number of hydrogen-bond acceptors (Lipinski definition) is 3. The lowest BCUT2D eigenvalue weighted by atomic mass is 10.0. The van der Waals surface area contributed by atoms with Crippen LogP contribution >= 0.6 is 0 Å². The first-order chi connectivity index (χ1) is 13.4. The van der Waals surface area contributed by atoms with E-state index in [9.17, 15) is 22.8 Å². The van der Waals surface area contributed by atoms with Crippen LogP contribution in [0.5, 0.6) is 0 Å². The van der Waals surface area contributed by atoms with Crippen LogP contribution in [-0.2, 0) is 20.7 Å². The van der Waals surface area contributed by atoms with Crippen molar-refractivity contribution in [1.29, 1.82) is 0 Å². The van der Waals surface area contributed by atoms with Crippen LogP contribution in [0.25, 0.3) is 10.9 Å². The number of halogens is 3. The summed E-state index contributed by atoms with van der Waals surface area (Å²) in [5.41, 5.74) is 1.66. The van der Waals surface area contributed by atoms with Crippen molar-refractivity contribution in [1.82, 2.24) is 9.55 Å². The Morgan fingerprint density at radius 2 is 1.86 bits per heavy atom. The molecule has 1 aromatic heterocycles. The molecule has 0 saturated heterocycles. The molecule has 0 aliphatic rings. The maximum Gasteiger partial charge on any atom is 0.471 e. The number of benzene rings is 1. The van der Waals surface area contributed by atoms with Crippen molar-refractivity contribution in [3.8, 4) is 0 Å². The third-order valence-electron chi connectivity index (χ3n) is 4.53. The number of carbonyl (C=O) groups excluding carboxylic acids is 2. The van der Waals surface area contributed by atoms with Gasteiger partial charge in [0.2, 0.25) is 0 Å². The lowest BCUT2D eigenvalue weighted by Crippen LogP contribution is -2.48. The highest BCUT2D eigenvalue weighted by Gasteiger charge is 2.41. The van der Waals surface area contributed by atoms with E-state index in [2.05, 4.69) is 23.9 Å². The third kappa shape index (κ3) is 5.85. The number of ether oxygens (including phenoxy) is 1. The summed E-state index contributed by atoms with van der Waals surface area (Å²) < 4.78 is 45.5. The molecule has 1 N–H and O–H groups in total. The van der Waals surface area contributed by atoms with E-state index in [1.165, 1.54) is 0 Å². The summed E-state index contributed by atoms with van der Waals surface area (Å²) in [7, 11) is -1.81. The number of alkyl halides is 3. The second-order valence-corrected chi connectivity index (χ2v) is 12.8. The molecular weight excluding hydrogens is 401 g/mol. The van der Waals surface area contributed by atoms with Crippen molar-refractivity contribution in [2.45, 2.75) is 58.0 Å². The van der Waals surface area contributed by atoms with Crippen molar-refractivity contribution in [2.24, 2.45) is 0 Å². The fourth-order valence-electron chi connectivity index (χ4n) is 3.04. The van der Waals surface area contributed by atoms with Gasteiger partial charge in [0.05, 0.1) is 6.61 Å². The number of unbranched alkanes of at least 4 members (excludes halogenated alkanes) is 1. The summed E-state index contributed by atoms with van der Waals surface area (Å²) in [6.45, 7) is 8.44.